The van der Waals surface area contributed by atoms with Gasteiger partial charge in [0, 0.05) is 18.2 Å². The Morgan fingerprint density at radius 2 is 1.95 bits per heavy atom. The molecular weight excluding hydrogens is 302 g/mol. The van der Waals surface area contributed by atoms with Crippen LogP contribution in [0.25, 0.3) is 0 Å². The van der Waals surface area contributed by atoms with E-state index in [1.165, 1.54) is 11.3 Å². The molecule has 0 aliphatic rings. The van der Waals surface area contributed by atoms with Gasteiger partial charge in [-0.2, -0.15) is 0 Å². The van der Waals surface area contributed by atoms with Gasteiger partial charge in [-0.05, 0) is 18.1 Å². The van der Waals surface area contributed by atoms with Gasteiger partial charge in [-0.15, -0.1) is 11.3 Å². The molecular formula is C15H17N3O3S. The number of ether oxygens (including phenoxy) is 1. The molecule has 0 fully saturated rings. The normalized spacial score (nSPS) is 10.3. The summed E-state index contributed by atoms with van der Waals surface area (Å²) in [6, 6.07) is 7.63. The van der Waals surface area contributed by atoms with E-state index in [0.717, 1.165) is 16.1 Å². The number of hydrogen-bond donors (Lipinski definition) is 2. The predicted molar refractivity (Wildman–Crippen MR) is 83.7 cm³/mol. The summed E-state index contributed by atoms with van der Waals surface area (Å²) < 4.78 is 4.81. The van der Waals surface area contributed by atoms with Crippen molar-refractivity contribution in [3.8, 4) is 0 Å². The van der Waals surface area contributed by atoms with E-state index >= 15 is 0 Å². The second-order valence-corrected chi connectivity index (χ2v) is 5.76. The van der Waals surface area contributed by atoms with Crippen molar-refractivity contribution in [2.75, 3.05) is 6.61 Å². The molecule has 0 unspecified atom stereocenters. The summed E-state index contributed by atoms with van der Waals surface area (Å²) in [4.78, 5) is 27.1. The Morgan fingerprint density at radius 3 is 2.55 bits per heavy atom. The second kappa shape index (κ2) is 7.67. The monoisotopic (exact) mass is 319 g/mol. The predicted octanol–water partition coefficient (Wildman–Crippen LogP) is 2.02. The molecule has 0 aliphatic heterocycles. The van der Waals surface area contributed by atoms with Gasteiger partial charge in [0.25, 0.3) is 0 Å². The number of benzene rings is 1. The maximum atomic E-state index is 12.1. The lowest BCUT2D eigenvalue weighted by atomic mass is 10.0. The third kappa shape index (κ3) is 4.64. The number of hydrazine groups is 1. The fourth-order valence-corrected chi connectivity index (χ4v) is 2.51. The molecule has 1 amide bonds. The number of amides is 1. The first kappa shape index (κ1) is 16.1. The van der Waals surface area contributed by atoms with Gasteiger partial charge in [-0.3, -0.25) is 10.2 Å². The van der Waals surface area contributed by atoms with Crippen LogP contribution in [0.5, 0.6) is 0 Å². The molecule has 22 heavy (non-hydrogen) atoms. The van der Waals surface area contributed by atoms with Gasteiger partial charge in [-0.25, -0.2) is 15.6 Å². The quantitative estimate of drug-likeness (QED) is 0.368. The van der Waals surface area contributed by atoms with E-state index in [4.69, 9.17) is 10.6 Å². The zero-order valence-electron chi connectivity index (χ0n) is 12.2. The Kier molecular flexibility index (Phi) is 5.62. The molecule has 7 heteroatoms. The molecule has 0 radical (unpaired) electrons. The van der Waals surface area contributed by atoms with Crippen LogP contribution < -0.4 is 11.3 Å². The van der Waals surface area contributed by atoms with Crippen molar-refractivity contribution in [2.24, 2.45) is 5.84 Å². The van der Waals surface area contributed by atoms with Crippen LogP contribution in [0.15, 0.2) is 29.6 Å². The highest BCUT2D eigenvalue weighted by Gasteiger charge is 2.10. The number of aromatic nitrogens is 1. The maximum absolute atomic E-state index is 12.1. The van der Waals surface area contributed by atoms with Gasteiger partial charge in [0.15, 0.2) is 5.78 Å². The lowest BCUT2D eigenvalue weighted by molar-refractivity contribution is 0.0988. The number of thiazole rings is 1. The van der Waals surface area contributed by atoms with Crippen molar-refractivity contribution in [2.45, 2.75) is 19.8 Å². The highest BCUT2D eigenvalue weighted by molar-refractivity contribution is 7.09. The van der Waals surface area contributed by atoms with Crippen LogP contribution >= 0.6 is 11.3 Å². The molecule has 1 aromatic carbocycles. The van der Waals surface area contributed by atoms with Gasteiger partial charge in [0.2, 0.25) is 0 Å². The lowest BCUT2D eigenvalue weighted by Gasteiger charge is -2.05. The fraction of sp³-hybridized carbons (Fsp3) is 0.267. The third-order valence-corrected chi connectivity index (χ3v) is 3.81. The molecule has 2 aromatic rings. The van der Waals surface area contributed by atoms with E-state index in [2.05, 4.69) is 4.98 Å². The molecule has 0 spiro atoms. The zero-order valence-corrected chi connectivity index (χ0v) is 13.0. The van der Waals surface area contributed by atoms with Gasteiger partial charge < -0.3 is 4.74 Å². The highest BCUT2D eigenvalue weighted by Crippen LogP contribution is 2.12. The van der Waals surface area contributed by atoms with Crippen molar-refractivity contribution in [3.63, 3.8) is 0 Å². The number of carbonyl (C=O) groups is 2. The smallest absolute Gasteiger partial charge is 0.421 e. The van der Waals surface area contributed by atoms with Crippen LogP contribution in [-0.2, 0) is 17.6 Å². The number of nitrogens with zero attached hydrogens (tertiary/aromatic N) is 1. The zero-order chi connectivity index (χ0) is 15.9. The van der Waals surface area contributed by atoms with Gasteiger partial charge in [0.05, 0.1) is 11.6 Å². The Morgan fingerprint density at radius 1 is 1.27 bits per heavy atom. The van der Waals surface area contributed by atoms with Crippen LogP contribution in [0.4, 0.5) is 4.79 Å². The Bertz CT molecular complexity index is 652. The van der Waals surface area contributed by atoms with Crippen LogP contribution in [0, 0.1) is 6.92 Å². The van der Waals surface area contributed by atoms with Gasteiger partial charge in [-0.1, -0.05) is 24.3 Å². The molecule has 0 saturated carbocycles. The maximum Gasteiger partial charge on any atom is 0.421 e. The molecule has 1 heterocycles. The number of Topliss-reactive ketones (excluding diaryl/α,β-unsaturated/α-hetero) is 1. The molecule has 6 nitrogen and oxygen atoms in total. The van der Waals surface area contributed by atoms with Crippen LogP contribution in [0.1, 0.15) is 26.6 Å². The second-order valence-electron chi connectivity index (χ2n) is 4.70. The molecule has 0 bridgehead atoms. The van der Waals surface area contributed by atoms with Gasteiger partial charge >= 0.3 is 6.09 Å². The summed E-state index contributed by atoms with van der Waals surface area (Å²) >= 11 is 1.47. The van der Waals surface area contributed by atoms with Crippen molar-refractivity contribution in [3.05, 3.63) is 51.5 Å². The molecule has 0 saturated heterocycles. The number of aryl methyl sites for hydroxylation is 1. The SMILES string of the molecule is Cc1nc(C(=O)Cc2ccc(CCOC(=O)NN)cc2)cs1. The molecule has 0 aliphatic carbocycles. The van der Waals surface area contributed by atoms with E-state index in [-0.39, 0.29) is 12.4 Å². The number of carbonyl (C=O) groups excluding carboxylic acids is 2. The molecule has 2 rings (SSSR count). The Labute approximate surface area is 132 Å². The summed E-state index contributed by atoms with van der Waals surface area (Å²) in [5.74, 6) is 4.92. The standard InChI is InChI=1S/C15H17N3O3S/c1-10-17-13(9-22-10)14(19)8-12-4-2-11(3-5-12)6-7-21-15(20)18-16/h2-5,9H,6-8,16H2,1H3,(H,18,20). The number of ketones is 1. The van der Waals surface area contributed by atoms with Crippen molar-refractivity contribution in [1.82, 2.24) is 10.4 Å². The minimum absolute atomic E-state index is 0.0139. The topological polar surface area (TPSA) is 94.3 Å². The number of rotatable bonds is 6. The fourth-order valence-electron chi connectivity index (χ4n) is 1.89. The van der Waals surface area contributed by atoms with E-state index in [0.29, 0.717) is 18.5 Å². The number of nitrogens with one attached hydrogen (secondary N) is 1. The first-order valence-corrected chi connectivity index (χ1v) is 7.63. The Hall–Kier alpha value is -2.25. The summed E-state index contributed by atoms with van der Waals surface area (Å²) in [6.07, 6.45) is 0.267. The van der Waals surface area contributed by atoms with E-state index in [1.807, 2.05) is 36.6 Å². The first-order chi connectivity index (χ1) is 10.6. The first-order valence-electron chi connectivity index (χ1n) is 6.75. The van der Waals surface area contributed by atoms with Crippen LogP contribution in [0.3, 0.4) is 0 Å². The van der Waals surface area contributed by atoms with E-state index in [1.54, 1.807) is 5.38 Å². The minimum atomic E-state index is -0.652. The van der Waals surface area contributed by atoms with Crippen molar-refractivity contribution >= 4 is 23.2 Å². The number of nitrogens with two attached hydrogens (primary N) is 1. The average molecular weight is 319 g/mol. The van der Waals surface area contributed by atoms with E-state index in [9.17, 15) is 9.59 Å². The highest BCUT2D eigenvalue weighted by atomic mass is 32.1. The minimum Gasteiger partial charge on any atom is -0.448 e. The third-order valence-electron chi connectivity index (χ3n) is 3.03. The largest absolute Gasteiger partial charge is 0.448 e. The van der Waals surface area contributed by atoms with Crippen molar-refractivity contribution < 1.29 is 14.3 Å². The van der Waals surface area contributed by atoms with Crippen LogP contribution in [-0.4, -0.2) is 23.5 Å². The van der Waals surface area contributed by atoms with Crippen LogP contribution in [0.2, 0.25) is 0 Å². The lowest BCUT2D eigenvalue weighted by Crippen LogP contribution is -2.31. The van der Waals surface area contributed by atoms with Gasteiger partial charge in [0.1, 0.15) is 5.69 Å². The molecule has 3 N–H and O–H groups in total. The Balaban J connectivity index is 1.86. The summed E-state index contributed by atoms with van der Waals surface area (Å²) in [6.45, 7) is 2.13. The summed E-state index contributed by atoms with van der Waals surface area (Å²) in [5.41, 5.74) is 4.37. The van der Waals surface area contributed by atoms with E-state index < -0.39 is 6.09 Å². The molecule has 1 aromatic heterocycles. The summed E-state index contributed by atoms with van der Waals surface area (Å²) in [5, 5.41) is 2.67. The average Bonchev–Trinajstić information content (AvgIpc) is 2.95. The summed E-state index contributed by atoms with van der Waals surface area (Å²) in [7, 11) is 0. The van der Waals surface area contributed by atoms with Crippen molar-refractivity contribution in [1.29, 1.82) is 0 Å². The molecule has 116 valence electrons. The molecule has 0 atom stereocenters. The number of hydrogen-bond acceptors (Lipinski definition) is 6.